The Balaban J connectivity index is 0.000000555. The zero-order valence-electron chi connectivity index (χ0n) is 28.3. The number of halogens is 2. The third-order valence-corrected chi connectivity index (χ3v) is 8.22. The van der Waals surface area contributed by atoms with Gasteiger partial charge >= 0.3 is 12.0 Å². The predicted octanol–water partition coefficient (Wildman–Crippen LogP) is 8.97. The van der Waals surface area contributed by atoms with E-state index in [9.17, 15) is 28.3 Å². The summed E-state index contributed by atoms with van der Waals surface area (Å²) in [5.74, 6) is -1.73. The van der Waals surface area contributed by atoms with E-state index in [0.717, 1.165) is 63.0 Å². The van der Waals surface area contributed by atoms with Crippen LogP contribution in [0.5, 0.6) is 0 Å². The van der Waals surface area contributed by atoms with E-state index in [2.05, 4.69) is 17.2 Å². The molecule has 4 rings (SSSR count). The van der Waals surface area contributed by atoms with Crippen LogP contribution in [0.1, 0.15) is 86.2 Å². The van der Waals surface area contributed by atoms with Gasteiger partial charge in [-0.2, -0.15) is 4.99 Å². The standard InChI is InChI=1S/C31H43FN2O5.C7H4FNO/c1-3-4-5-6-7-17-34(31(37)33-26-14-9-13-25(32)20-26)18-19-38-27-15-10-16-28(21-27)39-22-24-12-8-11-23(2)29(24)30(35)36;8-6-2-1-3-7(4-6)9-5-10/h8-9,11-14,20,27-28H,3-7,10,15-19,21-22H2,1-2H3,(H,33,37)(H,35,36);1-4H. The van der Waals surface area contributed by atoms with E-state index in [-0.39, 0.29) is 30.5 Å². The van der Waals surface area contributed by atoms with Crippen molar-refractivity contribution in [1.29, 1.82) is 0 Å². The summed E-state index contributed by atoms with van der Waals surface area (Å²) in [5.41, 5.74) is 2.44. The summed E-state index contributed by atoms with van der Waals surface area (Å²) in [6.07, 6.45) is 10.3. The first-order valence-electron chi connectivity index (χ1n) is 16.9. The van der Waals surface area contributed by atoms with E-state index in [0.29, 0.717) is 36.5 Å². The Morgan fingerprint density at radius 3 is 2.33 bits per heavy atom. The monoisotopic (exact) mass is 679 g/mol. The van der Waals surface area contributed by atoms with E-state index in [1.54, 1.807) is 36.1 Å². The first-order chi connectivity index (χ1) is 23.7. The molecule has 0 heterocycles. The minimum absolute atomic E-state index is 0.00292. The van der Waals surface area contributed by atoms with Gasteiger partial charge in [0.25, 0.3) is 0 Å². The number of carbonyl (C=O) groups excluding carboxylic acids is 2. The molecule has 2 N–H and O–H groups in total. The molecule has 3 aromatic rings. The van der Waals surface area contributed by atoms with Crippen molar-refractivity contribution in [3.8, 4) is 0 Å². The molecule has 0 spiro atoms. The zero-order chi connectivity index (χ0) is 35.4. The highest BCUT2D eigenvalue weighted by atomic mass is 19.1. The highest BCUT2D eigenvalue weighted by Gasteiger charge is 2.24. The van der Waals surface area contributed by atoms with E-state index >= 15 is 0 Å². The maximum Gasteiger partial charge on any atom is 0.336 e. The summed E-state index contributed by atoms with van der Waals surface area (Å²) in [4.78, 5) is 39.3. The number of anilines is 1. The van der Waals surface area contributed by atoms with Crippen LogP contribution in [0.15, 0.2) is 71.7 Å². The molecule has 1 saturated carbocycles. The van der Waals surface area contributed by atoms with Crippen LogP contribution in [-0.2, 0) is 20.9 Å². The molecule has 0 aromatic heterocycles. The lowest BCUT2D eigenvalue weighted by atomic mass is 9.94. The van der Waals surface area contributed by atoms with E-state index in [4.69, 9.17) is 9.47 Å². The van der Waals surface area contributed by atoms with Gasteiger partial charge in [-0.25, -0.2) is 23.2 Å². The number of nitrogens with one attached hydrogen (secondary N) is 1. The summed E-state index contributed by atoms with van der Waals surface area (Å²) in [6.45, 7) is 5.70. The topological polar surface area (TPSA) is 118 Å². The van der Waals surface area contributed by atoms with E-state index < -0.39 is 17.6 Å². The van der Waals surface area contributed by atoms with Crippen molar-refractivity contribution in [2.75, 3.05) is 25.0 Å². The third-order valence-electron chi connectivity index (χ3n) is 8.22. The average Bonchev–Trinajstić information content (AvgIpc) is 3.07. The van der Waals surface area contributed by atoms with Crippen molar-refractivity contribution in [2.45, 2.75) is 90.4 Å². The number of carboxylic acid groups (broad SMARTS) is 1. The summed E-state index contributed by atoms with van der Waals surface area (Å²) in [6, 6.07) is 16.6. The van der Waals surface area contributed by atoms with Crippen LogP contribution in [0.4, 0.5) is 25.0 Å². The van der Waals surface area contributed by atoms with Gasteiger partial charge in [0, 0.05) is 24.8 Å². The van der Waals surface area contributed by atoms with Crippen LogP contribution in [-0.4, -0.2) is 60.0 Å². The van der Waals surface area contributed by atoms with Gasteiger partial charge in [-0.3, -0.25) is 0 Å². The molecule has 1 fully saturated rings. The summed E-state index contributed by atoms with van der Waals surface area (Å²) in [5, 5.41) is 12.4. The fraction of sp³-hybridized carbons (Fsp3) is 0.447. The van der Waals surface area contributed by atoms with Gasteiger partial charge in [-0.05, 0) is 80.5 Å². The lowest BCUT2D eigenvalue weighted by Gasteiger charge is -2.30. The molecule has 49 heavy (non-hydrogen) atoms. The number of nitrogens with zero attached hydrogens (tertiary/aromatic N) is 2. The molecular formula is C38H47F2N3O6. The van der Waals surface area contributed by atoms with Gasteiger partial charge in [0.2, 0.25) is 6.08 Å². The van der Waals surface area contributed by atoms with Gasteiger partial charge < -0.3 is 24.8 Å². The number of rotatable bonds is 16. The van der Waals surface area contributed by atoms with Crippen molar-refractivity contribution >= 4 is 29.5 Å². The van der Waals surface area contributed by atoms with Gasteiger partial charge in [0.15, 0.2) is 0 Å². The number of benzene rings is 3. The van der Waals surface area contributed by atoms with Crippen LogP contribution >= 0.6 is 0 Å². The van der Waals surface area contributed by atoms with Crippen LogP contribution in [0, 0.1) is 18.6 Å². The van der Waals surface area contributed by atoms with E-state index in [1.807, 2.05) is 6.07 Å². The molecule has 1 aliphatic carbocycles. The summed E-state index contributed by atoms with van der Waals surface area (Å²) in [7, 11) is 0. The number of aromatic carboxylic acids is 1. The molecule has 9 nitrogen and oxygen atoms in total. The molecule has 264 valence electrons. The number of aliphatic imine (C=N–C) groups is 1. The number of hydrogen-bond donors (Lipinski definition) is 2. The maximum absolute atomic E-state index is 13.6. The number of hydrogen-bond acceptors (Lipinski definition) is 6. The molecule has 0 radical (unpaired) electrons. The van der Waals surface area contributed by atoms with Crippen LogP contribution < -0.4 is 5.32 Å². The second kappa shape index (κ2) is 21.5. The molecule has 3 aromatic carbocycles. The number of amides is 2. The minimum atomic E-state index is -0.937. The molecule has 2 atom stereocenters. The normalized spacial score (nSPS) is 15.3. The molecule has 2 unspecified atom stereocenters. The lowest BCUT2D eigenvalue weighted by Crippen LogP contribution is -2.39. The summed E-state index contributed by atoms with van der Waals surface area (Å²) >= 11 is 0. The highest BCUT2D eigenvalue weighted by Crippen LogP contribution is 2.26. The third kappa shape index (κ3) is 14.3. The van der Waals surface area contributed by atoms with Gasteiger partial charge in [0.1, 0.15) is 11.6 Å². The molecule has 0 bridgehead atoms. The van der Waals surface area contributed by atoms with Crippen molar-refractivity contribution in [3.63, 3.8) is 0 Å². The number of carbonyl (C=O) groups is 2. The van der Waals surface area contributed by atoms with Crippen LogP contribution in [0.2, 0.25) is 0 Å². The highest BCUT2D eigenvalue weighted by molar-refractivity contribution is 5.91. The molecule has 11 heteroatoms. The molecule has 1 aliphatic rings. The Hall–Kier alpha value is -4.44. The Bertz CT molecular complexity index is 1530. The van der Waals surface area contributed by atoms with Crippen molar-refractivity contribution in [3.05, 3.63) is 95.1 Å². The minimum Gasteiger partial charge on any atom is -0.478 e. The SMILES string of the molecule is CCCCCCCN(CCOC1CCCC(OCc2cccc(C)c2C(=O)O)C1)C(=O)Nc1cccc(F)c1.O=C=Nc1cccc(F)c1. The number of ether oxygens (including phenoxy) is 2. The van der Waals surface area contributed by atoms with Crippen LogP contribution in [0.25, 0.3) is 0 Å². The van der Waals surface area contributed by atoms with Crippen molar-refractivity contribution in [2.24, 2.45) is 4.99 Å². The van der Waals surface area contributed by atoms with Gasteiger partial charge in [-0.1, -0.05) is 62.9 Å². The first kappa shape index (κ1) is 39.0. The fourth-order valence-electron chi connectivity index (χ4n) is 5.69. The second-order valence-electron chi connectivity index (χ2n) is 12.0. The maximum atomic E-state index is 13.6. The number of aryl methyl sites for hydroxylation is 1. The average molecular weight is 680 g/mol. The molecule has 0 aliphatic heterocycles. The quantitative estimate of drug-likeness (QED) is 0.0887. The predicted molar refractivity (Wildman–Crippen MR) is 185 cm³/mol. The molecule has 2 amide bonds. The lowest BCUT2D eigenvalue weighted by molar-refractivity contribution is -0.0523. The fourth-order valence-corrected chi connectivity index (χ4v) is 5.69. The first-order valence-corrected chi connectivity index (χ1v) is 16.9. The Labute approximate surface area is 287 Å². The van der Waals surface area contributed by atoms with Crippen LogP contribution in [0.3, 0.4) is 0 Å². The Kier molecular flexibility index (Phi) is 17.1. The molecular weight excluding hydrogens is 632 g/mol. The second-order valence-corrected chi connectivity index (χ2v) is 12.0. The smallest absolute Gasteiger partial charge is 0.336 e. The number of urea groups is 1. The van der Waals surface area contributed by atoms with E-state index in [1.165, 1.54) is 42.8 Å². The zero-order valence-corrected chi connectivity index (χ0v) is 28.3. The summed E-state index contributed by atoms with van der Waals surface area (Å²) < 4.78 is 38.2. The largest absolute Gasteiger partial charge is 0.478 e. The number of carboxylic acids is 1. The Morgan fingerprint density at radius 1 is 0.939 bits per heavy atom. The van der Waals surface area contributed by atoms with Gasteiger partial charge in [0.05, 0.1) is 36.7 Å². The number of unbranched alkanes of at least 4 members (excludes halogenated alkanes) is 4. The van der Waals surface area contributed by atoms with Crippen molar-refractivity contribution < 1.29 is 37.7 Å². The molecule has 0 saturated heterocycles. The Morgan fingerprint density at radius 2 is 1.63 bits per heavy atom. The van der Waals surface area contributed by atoms with Gasteiger partial charge in [-0.15, -0.1) is 0 Å². The number of isocyanates is 1. The van der Waals surface area contributed by atoms with Crippen molar-refractivity contribution in [1.82, 2.24) is 4.90 Å².